The third-order valence-electron chi connectivity index (χ3n) is 6.65. The minimum Gasteiger partial charge on any atom is -0.342 e. The molecule has 3 heterocycles. The highest BCUT2D eigenvalue weighted by atomic mass is 32.1. The lowest BCUT2D eigenvalue weighted by Crippen LogP contribution is -2.61. The Morgan fingerprint density at radius 1 is 1.04 bits per heavy atom. The molecule has 1 aromatic carbocycles. The van der Waals surface area contributed by atoms with E-state index in [1.165, 1.54) is 47.5 Å². The summed E-state index contributed by atoms with van der Waals surface area (Å²) in [5.41, 5.74) is 1.66. The van der Waals surface area contributed by atoms with Crippen molar-refractivity contribution in [3.8, 4) is 0 Å². The third kappa shape index (κ3) is 2.39. The zero-order valence-corrected chi connectivity index (χ0v) is 15.9. The van der Waals surface area contributed by atoms with Crippen LogP contribution in [0.1, 0.15) is 52.9 Å². The first-order chi connectivity index (χ1) is 11.5. The van der Waals surface area contributed by atoms with Gasteiger partial charge in [0.05, 0.1) is 10.2 Å². The molecule has 2 saturated carbocycles. The van der Waals surface area contributed by atoms with Gasteiger partial charge in [-0.1, -0.05) is 44.2 Å². The van der Waals surface area contributed by atoms with E-state index < -0.39 is 0 Å². The van der Waals surface area contributed by atoms with Crippen LogP contribution in [0.5, 0.6) is 0 Å². The maximum atomic E-state index is 4.98. The molecule has 0 atom stereocenters. The lowest BCUT2D eigenvalue weighted by atomic mass is 9.55. The molecule has 2 aromatic rings. The number of aromatic nitrogens is 1. The molecule has 0 unspecified atom stereocenters. The second-order valence-corrected chi connectivity index (χ2v) is 10.6. The van der Waals surface area contributed by atoms with E-state index in [4.69, 9.17) is 4.98 Å². The van der Waals surface area contributed by atoms with Gasteiger partial charge in [0.1, 0.15) is 0 Å². The molecule has 0 spiro atoms. The van der Waals surface area contributed by atoms with Gasteiger partial charge in [0.15, 0.2) is 5.13 Å². The highest BCUT2D eigenvalue weighted by Gasteiger charge is 2.52. The lowest BCUT2D eigenvalue weighted by molar-refractivity contribution is -0.000958. The molecular formula is C21H28N2S. The van der Waals surface area contributed by atoms with E-state index in [1.807, 2.05) is 11.3 Å². The van der Waals surface area contributed by atoms with Crippen molar-refractivity contribution in [3.63, 3.8) is 0 Å². The molecule has 2 aliphatic heterocycles. The molecule has 4 bridgehead atoms. The van der Waals surface area contributed by atoms with Crippen LogP contribution in [0.15, 0.2) is 24.3 Å². The molecule has 3 heteroatoms. The van der Waals surface area contributed by atoms with Gasteiger partial charge in [-0.05, 0) is 67.4 Å². The van der Waals surface area contributed by atoms with E-state index in [0.717, 1.165) is 29.8 Å². The van der Waals surface area contributed by atoms with Crippen LogP contribution in [-0.4, -0.2) is 17.1 Å². The minimum absolute atomic E-state index is 0.479. The summed E-state index contributed by atoms with van der Waals surface area (Å²) >= 11 is 1.90. The van der Waals surface area contributed by atoms with Gasteiger partial charge in [-0.15, -0.1) is 0 Å². The van der Waals surface area contributed by atoms with E-state index >= 15 is 0 Å². The van der Waals surface area contributed by atoms with Gasteiger partial charge in [-0.25, -0.2) is 4.98 Å². The number of benzene rings is 1. The van der Waals surface area contributed by atoms with E-state index in [-0.39, 0.29) is 0 Å². The highest BCUT2D eigenvalue weighted by molar-refractivity contribution is 7.22. The van der Waals surface area contributed by atoms with Crippen LogP contribution in [0.2, 0.25) is 0 Å². The summed E-state index contributed by atoms with van der Waals surface area (Å²) in [4.78, 5) is 7.71. The van der Waals surface area contributed by atoms with Crippen LogP contribution in [-0.2, 0) is 0 Å². The number of piperidine rings is 2. The summed E-state index contributed by atoms with van der Waals surface area (Å²) in [6, 6.07) is 10.1. The molecule has 0 amide bonds. The number of thiazole rings is 1. The number of rotatable bonds is 2. The van der Waals surface area contributed by atoms with Crippen molar-refractivity contribution in [1.82, 2.24) is 4.98 Å². The van der Waals surface area contributed by atoms with Crippen molar-refractivity contribution in [2.24, 2.45) is 23.2 Å². The topological polar surface area (TPSA) is 16.1 Å². The van der Waals surface area contributed by atoms with Crippen molar-refractivity contribution >= 4 is 26.7 Å². The Labute approximate surface area is 149 Å². The van der Waals surface area contributed by atoms with Gasteiger partial charge in [-0.2, -0.15) is 0 Å². The maximum absolute atomic E-state index is 4.98. The summed E-state index contributed by atoms with van der Waals surface area (Å²) in [7, 11) is 0. The molecule has 4 fully saturated rings. The number of para-hydroxylation sites is 1. The van der Waals surface area contributed by atoms with Gasteiger partial charge >= 0.3 is 0 Å². The molecular weight excluding hydrogens is 312 g/mol. The van der Waals surface area contributed by atoms with Crippen LogP contribution in [0, 0.1) is 23.2 Å². The number of fused-ring (bicyclic) bond motifs is 1. The zero-order chi connectivity index (χ0) is 16.5. The average Bonchev–Trinajstić information content (AvgIpc) is 2.92. The summed E-state index contributed by atoms with van der Waals surface area (Å²) < 4.78 is 1.34. The zero-order valence-electron chi connectivity index (χ0n) is 15.0. The van der Waals surface area contributed by atoms with Crippen molar-refractivity contribution in [1.29, 1.82) is 0 Å². The Morgan fingerprint density at radius 2 is 1.67 bits per heavy atom. The monoisotopic (exact) mass is 340 g/mol. The van der Waals surface area contributed by atoms with Crippen LogP contribution in [0.25, 0.3) is 10.2 Å². The van der Waals surface area contributed by atoms with Gasteiger partial charge in [0.25, 0.3) is 0 Å². The summed E-state index contributed by atoms with van der Waals surface area (Å²) in [5.74, 6) is 2.92. The molecule has 128 valence electrons. The standard InChI is InChI=1S/C21H28N2S/c1-21(2,3)12-17-13-8-15-10-14(17)11-16(9-13)23(15)20-22-18-6-4-5-7-19(18)24-20/h4-7,13-17H,8-12H2,1-3H3. The fourth-order valence-electron chi connectivity index (χ4n) is 5.94. The Hall–Kier alpha value is -1.09. The highest BCUT2D eigenvalue weighted by Crippen LogP contribution is 2.56. The lowest BCUT2D eigenvalue weighted by Gasteiger charge is -2.60. The normalized spacial score (nSPS) is 35.1. The Kier molecular flexibility index (Phi) is 3.29. The fraction of sp³-hybridized carbons (Fsp3) is 0.667. The maximum Gasteiger partial charge on any atom is 0.186 e. The van der Waals surface area contributed by atoms with Gasteiger partial charge in [-0.3, -0.25) is 0 Å². The summed E-state index contributed by atoms with van der Waals surface area (Å²) in [5, 5.41) is 1.29. The van der Waals surface area contributed by atoms with E-state index in [9.17, 15) is 0 Å². The SMILES string of the molecule is CC(C)(C)CC1C2CC3CC1CC(C2)N3c1nc2ccccc2s1. The van der Waals surface area contributed by atoms with E-state index in [2.05, 4.69) is 49.9 Å². The van der Waals surface area contributed by atoms with Gasteiger partial charge < -0.3 is 4.90 Å². The number of nitrogens with zero attached hydrogens (tertiary/aromatic N) is 2. The number of hydrogen-bond donors (Lipinski definition) is 0. The largest absolute Gasteiger partial charge is 0.342 e. The minimum atomic E-state index is 0.479. The van der Waals surface area contributed by atoms with Crippen molar-refractivity contribution in [2.45, 2.75) is 65.0 Å². The molecule has 2 aliphatic carbocycles. The summed E-state index contributed by atoms with van der Waals surface area (Å²) in [6.07, 6.45) is 7.05. The third-order valence-corrected chi connectivity index (χ3v) is 7.70. The summed E-state index contributed by atoms with van der Waals surface area (Å²) in [6.45, 7) is 7.27. The first kappa shape index (κ1) is 15.2. The molecule has 0 radical (unpaired) electrons. The smallest absolute Gasteiger partial charge is 0.186 e. The molecule has 4 aliphatic rings. The first-order valence-electron chi connectivity index (χ1n) is 9.62. The molecule has 2 saturated heterocycles. The first-order valence-corrected chi connectivity index (χ1v) is 10.4. The van der Waals surface area contributed by atoms with Crippen molar-refractivity contribution < 1.29 is 0 Å². The number of anilines is 1. The van der Waals surface area contributed by atoms with Crippen molar-refractivity contribution in [2.75, 3.05) is 4.90 Å². The molecule has 24 heavy (non-hydrogen) atoms. The second-order valence-electron chi connectivity index (χ2n) is 9.57. The fourth-order valence-corrected chi connectivity index (χ4v) is 7.05. The Bertz CT molecular complexity index is 694. The van der Waals surface area contributed by atoms with Gasteiger partial charge in [0, 0.05) is 12.1 Å². The second kappa shape index (κ2) is 5.20. The number of hydrogen-bond acceptors (Lipinski definition) is 3. The Morgan fingerprint density at radius 3 is 2.25 bits per heavy atom. The quantitative estimate of drug-likeness (QED) is 0.694. The van der Waals surface area contributed by atoms with Crippen molar-refractivity contribution in [3.05, 3.63) is 24.3 Å². The Balaban J connectivity index is 1.42. The van der Waals surface area contributed by atoms with E-state index in [0.29, 0.717) is 5.41 Å². The van der Waals surface area contributed by atoms with Crippen LogP contribution in [0.4, 0.5) is 5.13 Å². The van der Waals surface area contributed by atoms with Gasteiger partial charge in [0.2, 0.25) is 0 Å². The van der Waals surface area contributed by atoms with Crippen LogP contribution >= 0.6 is 11.3 Å². The predicted octanol–water partition coefficient (Wildman–Crippen LogP) is 5.73. The van der Waals surface area contributed by atoms with Crippen LogP contribution < -0.4 is 4.90 Å². The average molecular weight is 341 g/mol. The van der Waals surface area contributed by atoms with E-state index in [1.54, 1.807) is 0 Å². The molecule has 1 aromatic heterocycles. The molecule has 0 N–H and O–H groups in total. The molecule has 2 nitrogen and oxygen atoms in total. The van der Waals surface area contributed by atoms with Crippen LogP contribution in [0.3, 0.4) is 0 Å². The molecule has 6 rings (SSSR count). The predicted molar refractivity (Wildman–Crippen MR) is 103 cm³/mol.